The number of nitro groups is 1. The Labute approximate surface area is 117 Å². The number of nitrogens with one attached hydrogen (secondary N) is 1. The minimum absolute atomic E-state index is 0.0250. The first-order valence-electron chi connectivity index (χ1n) is 5.85. The van der Waals surface area contributed by atoms with Crippen LogP contribution in [0.4, 0.5) is 14.5 Å². The molecule has 2 rings (SSSR count). The summed E-state index contributed by atoms with van der Waals surface area (Å²) in [5.74, 6) is -2.54. The normalized spacial score (nSPS) is 10.4. The number of nitrogens with zero attached hydrogens (tertiary/aromatic N) is 1. The lowest BCUT2D eigenvalue weighted by Crippen LogP contribution is -2.23. The van der Waals surface area contributed by atoms with E-state index in [1.807, 2.05) is 0 Å². The molecule has 0 unspecified atom stereocenters. The van der Waals surface area contributed by atoms with E-state index in [-0.39, 0.29) is 6.54 Å². The fourth-order valence-electron chi connectivity index (χ4n) is 1.71. The first-order valence-corrected chi connectivity index (χ1v) is 5.85. The first-order chi connectivity index (χ1) is 9.88. The van der Waals surface area contributed by atoms with Gasteiger partial charge in [-0.2, -0.15) is 0 Å². The lowest BCUT2D eigenvalue weighted by atomic mass is 10.1. The van der Waals surface area contributed by atoms with Crippen LogP contribution in [0.2, 0.25) is 0 Å². The molecule has 1 aromatic heterocycles. The van der Waals surface area contributed by atoms with E-state index in [2.05, 4.69) is 5.32 Å². The maximum atomic E-state index is 13.2. The minimum Gasteiger partial charge on any atom is -0.465 e. The van der Waals surface area contributed by atoms with E-state index in [0.717, 1.165) is 0 Å². The van der Waals surface area contributed by atoms with Crippen molar-refractivity contribution in [1.29, 1.82) is 0 Å². The Balaban J connectivity index is 2.22. The smallest absolute Gasteiger partial charge is 0.285 e. The monoisotopic (exact) mass is 296 g/mol. The highest BCUT2D eigenvalue weighted by molar-refractivity contribution is 5.98. The van der Waals surface area contributed by atoms with Gasteiger partial charge in [-0.1, -0.05) is 0 Å². The summed E-state index contributed by atoms with van der Waals surface area (Å²) in [6, 6.07) is 4.17. The third-order valence-electron chi connectivity index (χ3n) is 2.70. The van der Waals surface area contributed by atoms with Crippen molar-refractivity contribution in [3.05, 3.63) is 63.1 Å². The molecule has 110 valence electrons. The molecule has 6 nitrogen and oxygen atoms in total. The molecule has 1 N–H and O–H groups in total. The predicted molar refractivity (Wildman–Crippen MR) is 67.6 cm³/mol. The molecule has 0 saturated carbocycles. The van der Waals surface area contributed by atoms with Crippen LogP contribution in [0, 0.1) is 28.7 Å². The molecule has 0 spiro atoms. The van der Waals surface area contributed by atoms with Gasteiger partial charge < -0.3 is 9.73 Å². The molecule has 1 heterocycles. The number of amides is 1. The van der Waals surface area contributed by atoms with Gasteiger partial charge in [-0.25, -0.2) is 8.78 Å². The van der Waals surface area contributed by atoms with Gasteiger partial charge in [0.25, 0.3) is 11.6 Å². The fourth-order valence-corrected chi connectivity index (χ4v) is 1.71. The quantitative estimate of drug-likeness (QED) is 0.694. The van der Waals surface area contributed by atoms with Crippen molar-refractivity contribution in [1.82, 2.24) is 5.32 Å². The second kappa shape index (κ2) is 5.70. The van der Waals surface area contributed by atoms with Gasteiger partial charge in [-0.15, -0.1) is 0 Å². The number of aryl methyl sites for hydroxylation is 1. The summed E-state index contributed by atoms with van der Waals surface area (Å²) < 4.78 is 31.4. The van der Waals surface area contributed by atoms with Gasteiger partial charge in [0.05, 0.1) is 17.5 Å². The van der Waals surface area contributed by atoms with Crippen LogP contribution in [-0.2, 0) is 6.54 Å². The molecule has 1 aromatic carbocycles. The topological polar surface area (TPSA) is 85.4 Å². The average Bonchev–Trinajstić information content (AvgIpc) is 2.84. The number of furan rings is 1. The number of carbonyl (C=O) groups is 1. The van der Waals surface area contributed by atoms with Crippen molar-refractivity contribution in [2.24, 2.45) is 0 Å². The van der Waals surface area contributed by atoms with Crippen LogP contribution in [0.1, 0.15) is 21.9 Å². The molecule has 0 aliphatic heterocycles. The zero-order valence-electron chi connectivity index (χ0n) is 10.9. The molecule has 0 radical (unpaired) electrons. The number of halogens is 2. The van der Waals surface area contributed by atoms with Crippen molar-refractivity contribution in [2.45, 2.75) is 13.5 Å². The largest absolute Gasteiger partial charge is 0.465 e. The highest BCUT2D eigenvalue weighted by Crippen LogP contribution is 2.22. The summed E-state index contributed by atoms with van der Waals surface area (Å²) >= 11 is 0. The van der Waals surface area contributed by atoms with Crippen molar-refractivity contribution in [3.63, 3.8) is 0 Å². The maximum absolute atomic E-state index is 13.2. The Bertz CT molecular complexity index is 712. The molecule has 0 aliphatic rings. The molecule has 21 heavy (non-hydrogen) atoms. The highest BCUT2D eigenvalue weighted by atomic mass is 19.2. The Morgan fingerprint density at radius 2 is 2.00 bits per heavy atom. The molecule has 0 fully saturated rings. The van der Waals surface area contributed by atoms with Crippen LogP contribution in [0.5, 0.6) is 0 Å². The van der Waals surface area contributed by atoms with Crippen LogP contribution >= 0.6 is 0 Å². The molecular weight excluding hydrogens is 286 g/mol. The van der Waals surface area contributed by atoms with E-state index < -0.39 is 33.7 Å². The minimum atomic E-state index is -1.39. The van der Waals surface area contributed by atoms with Gasteiger partial charge in [0.15, 0.2) is 11.6 Å². The van der Waals surface area contributed by atoms with Gasteiger partial charge in [0.2, 0.25) is 0 Å². The second-order valence-corrected chi connectivity index (χ2v) is 4.24. The maximum Gasteiger partial charge on any atom is 0.285 e. The zero-order valence-corrected chi connectivity index (χ0v) is 10.9. The number of benzene rings is 1. The first kappa shape index (κ1) is 14.6. The van der Waals surface area contributed by atoms with Gasteiger partial charge >= 0.3 is 0 Å². The predicted octanol–water partition coefficient (Wildman–Crippen LogP) is 2.70. The summed E-state index contributed by atoms with van der Waals surface area (Å²) in [6.07, 6.45) is 0. The van der Waals surface area contributed by atoms with Crippen LogP contribution in [0.25, 0.3) is 0 Å². The van der Waals surface area contributed by atoms with Crippen LogP contribution < -0.4 is 5.32 Å². The second-order valence-electron chi connectivity index (χ2n) is 4.24. The van der Waals surface area contributed by atoms with Crippen molar-refractivity contribution < 1.29 is 22.9 Å². The lowest BCUT2D eigenvalue weighted by molar-refractivity contribution is -0.385. The third kappa shape index (κ3) is 3.22. The van der Waals surface area contributed by atoms with Crippen molar-refractivity contribution in [3.8, 4) is 0 Å². The van der Waals surface area contributed by atoms with Gasteiger partial charge in [-0.05, 0) is 25.1 Å². The van der Waals surface area contributed by atoms with E-state index in [1.165, 1.54) is 0 Å². The molecule has 8 heteroatoms. The number of hydrogen-bond donors (Lipinski definition) is 1. The molecule has 0 bridgehead atoms. The average molecular weight is 296 g/mol. The van der Waals surface area contributed by atoms with Gasteiger partial charge in [0, 0.05) is 0 Å². The molecule has 0 saturated heterocycles. The summed E-state index contributed by atoms with van der Waals surface area (Å²) in [5, 5.41) is 13.1. The number of hydrogen-bond acceptors (Lipinski definition) is 4. The van der Waals surface area contributed by atoms with Crippen LogP contribution in [-0.4, -0.2) is 10.8 Å². The van der Waals surface area contributed by atoms with Gasteiger partial charge in [-0.3, -0.25) is 14.9 Å². The molecule has 0 aliphatic carbocycles. The van der Waals surface area contributed by atoms with Crippen LogP contribution in [0.15, 0.2) is 28.7 Å². The SMILES string of the molecule is Cc1ccc(CNC(=O)c2cc(F)c(F)cc2[N+](=O)[O-])o1. The van der Waals surface area contributed by atoms with Crippen molar-refractivity contribution >= 4 is 11.6 Å². The number of carbonyl (C=O) groups excluding carboxylic acids is 1. The fraction of sp³-hybridized carbons (Fsp3) is 0.154. The van der Waals surface area contributed by atoms with Crippen LogP contribution in [0.3, 0.4) is 0 Å². The van der Waals surface area contributed by atoms with E-state index in [1.54, 1.807) is 19.1 Å². The molecule has 0 atom stereocenters. The molecule has 2 aromatic rings. The zero-order chi connectivity index (χ0) is 15.6. The standard InChI is InChI=1S/C13H10F2N2O4/c1-7-2-3-8(21-7)6-16-13(18)9-4-10(14)11(15)5-12(9)17(19)20/h2-5H,6H2,1H3,(H,16,18). The summed E-state index contributed by atoms with van der Waals surface area (Å²) in [4.78, 5) is 21.7. The molecule has 1 amide bonds. The number of rotatable bonds is 4. The highest BCUT2D eigenvalue weighted by Gasteiger charge is 2.23. The van der Waals surface area contributed by atoms with E-state index in [9.17, 15) is 23.7 Å². The Hall–Kier alpha value is -2.77. The summed E-state index contributed by atoms with van der Waals surface area (Å²) in [7, 11) is 0. The third-order valence-corrected chi connectivity index (χ3v) is 2.70. The number of nitro benzene ring substituents is 1. The van der Waals surface area contributed by atoms with E-state index in [0.29, 0.717) is 23.7 Å². The summed E-state index contributed by atoms with van der Waals surface area (Å²) in [6.45, 7) is 1.69. The summed E-state index contributed by atoms with van der Waals surface area (Å²) in [5.41, 5.74) is -1.36. The van der Waals surface area contributed by atoms with E-state index in [4.69, 9.17) is 4.42 Å². The Morgan fingerprint density at radius 1 is 1.33 bits per heavy atom. The lowest BCUT2D eigenvalue weighted by Gasteiger charge is -2.05. The van der Waals surface area contributed by atoms with Crippen molar-refractivity contribution in [2.75, 3.05) is 0 Å². The molecular formula is C13H10F2N2O4. The van der Waals surface area contributed by atoms with E-state index >= 15 is 0 Å². The van der Waals surface area contributed by atoms with Gasteiger partial charge in [0.1, 0.15) is 17.1 Å². The Kier molecular flexibility index (Phi) is 3.97. The Morgan fingerprint density at radius 3 is 2.57 bits per heavy atom.